The number of nitrogens with one attached hydrogen (secondary N) is 2. The average molecular weight is 268 g/mol. The molecule has 1 fully saturated rings. The Hall–Kier alpha value is -1.13. The number of nitrogens with zero attached hydrogens (tertiary/aromatic N) is 1. The van der Waals surface area contributed by atoms with Gasteiger partial charge in [0.2, 0.25) is 5.91 Å². The Labute approximate surface area is 112 Å². The number of hydrogen-bond acceptors (Lipinski definition) is 3. The molecule has 1 aromatic heterocycles. The highest BCUT2D eigenvalue weighted by Gasteiger charge is 2.25. The molecular weight excluding hydrogens is 250 g/mol. The van der Waals surface area contributed by atoms with Gasteiger partial charge < -0.3 is 10.6 Å². The third-order valence-electron chi connectivity index (χ3n) is 3.34. The highest BCUT2D eigenvalue weighted by molar-refractivity contribution is 6.32. The van der Waals surface area contributed by atoms with Crippen LogP contribution in [0.15, 0.2) is 12.3 Å². The predicted molar refractivity (Wildman–Crippen MR) is 72.8 cm³/mol. The zero-order valence-electron chi connectivity index (χ0n) is 10.7. The number of halogens is 1. The lowest BCUT2D eigenvalue weighted by molar-refractivity contribution is -0.119. The molecule has 1 saturated heterocycles. The highest BCUT2D eigenvalue weighted by atomic mass is 35.5. The van der Waals surface area contributed by atoms with Gasteiger partial charge in [0.05, 0.1) is 11.7 Å². The molecular formula is C13H18ClN3O. The van der Waals surface area contributed by atoms with Crippen molar-refractivity contribution in [1.29, 1.82) is 0 Å². The van der Waals surface area contributed by atoms with Crippen molar-refractivity contribution in [2.75, 3.05) is 11.9 Å². The van der Waals surface area contributed by atoms with E-state index in [9.17, 15) is 4.79 Å². The predicted octanol–water partition coefficient (Wildman–Crippen LogP) is 2.37. The Kier molecular flexibility index (Phi) is 4.19. The van der Waals surface area contributed by atoms with E-state index in [0.717, 1.165) is 24.9 Å². The summed E-state index contributed by atoms with van der Waals surface area (Å²) in [6.07, 6.45) is 3.62. The minimum atomic E-state index is -0.135. The van der Waals surface area contributed by atoms with Crippen molar-refractivity contribution in [1.82, 2.24) is 10.3 Å². The summed E-state index contributed by atoms with van der Waals surface area (Å²) < 4.78 is 0. The molecule has 2 atom stereocenters. The number of carbonyl (C=O) groups is 1. The van der Waals surface area contributed by atoms with Crippen LogP contribution < -0.4 is 10.6 Å². The lowest BCUT2D eigenvalue weighted by Gasteiger charge is -2.27. The highest BCUT2D eigenvalue weighted by Crippen LogP contribution is 2.24. The van der Waals surface area contributed by atoms with Gasteiger partial charge in [0.1, 0.15) is 0 Å². The number of amides is 1. The van der Waals surface area contributed by atoms with Gasteiger partial charge >= 0.3 is 0 Å². The van der Waals surface area contributed by atoms with E-state index in [4.69, 9.17) is 11.6 Å². The van der Waals surface area contributed by atoms with E-state index in [1.54, 1.807) is 6.20 Å². The van der Waals surface area contributed by atoms with Crippen LogP contribution in [0.5, 0.6) is 0 Å². The van der Waals surface area contributed by atoms with Crippen LogP contribution in [0.2, 0.25) is 5.15 Å². The van der Waals surface area contributed by atoms with Gasteiger partial charge in [0.15, 0.2) is 5.15 Å². The summed E-state index contributed by atoms with van der Waals surface area (Å²) >= 11 is 5.99. The Bertz CT molecular complexity index is 430. The Morgan fingerprint density at radius 1 is 1.61 bits per heavy atom. The summed E-state index contributed by atoms with van der Waals surface area (Å²) in [6.45, 7) is 4.96. The van der Waals surface area contributed by atoms with Gasteiger partial charge in [-0.2, -0.15) is 0 Å². The Balaban J connectivity index is 2.07. The minimum absolute atomic E-state index is 0.0282. The van der Waals surface area contributed by atoms with Gasteiger partial charge in [-0.25, -0.2) is 4.98 Å². The molecule has 2 N–H and O–H groups in total. The third kappa shape index (κ3) is 3.00. The van der Waals surface area contributed by atoms with E-state index >= 15 is 0 Å². The minimum Gasteiger partial charge on any atom is -0.322 e. The third-order valence-corrected chi connectivity index (χ3v) is 3.63. The van der Waals surface area contributed by atoms with E-state index in [0.29, 0.717) is 16.8 Å². The molecule has 1 aliphatic heterocycles. The van der Waals surface area contributed by atoms with Gasteiger partial charge in [0.25, 0.3) is 0 Å². The second-order valence-electron chi connectivity index (χ2n) is 4.92. The molecule has 2 heterocycles. The smallest absolute Gasteiger partial charge is 0.241 e. The molecule has 1 aliphatic rings. The quantitative estimate of drug-likeness (QED) is 0.809. The van der Waals surface area contributed by atoms with E-state index in [-0.39, 0.29) is 11.9 Å². The number of piperidine rings is 1. The first-order chi connectivity index (χ1) is 8.58. The molecule has 1 amide bonds. The van der Waals surface area contributed by atoms with Gasteiger partial charge in [0, 0.05) is 6.20 Å². The Morgan fingerprint density at radius 3 is 3.06 bits per heavy atom. The number of carbonyl (C=O) groups excluding carboxylic acids is 1. The Morgan fingerprint density at radius 2 is 2.39 bits per heavy atom. The fourth-order valence-corrected chi connectivity index (χ4v) is 2.45. The van der Waals surface area contributed by atoms with E-state index in [1.165, 1.54) is 0 Å². The summed E-state index contributed by atoms with van der Waals surface area (Å²) in [5.74, 6) is 0.548. The monoisotopic (exact) mass is 267 g/mol. The fraction of sp³-hybridized carbons (Fsp3) is 0.538. The summed E-state index contributed by atoms with van der Waals surface area (Å²) in [4.78, 5) is 16.1. The molecule has 1 aromatic rings. The topological polar surface area (TPSA) is 54.0 Å². The van der Waals surface area contributed by atoms with E-state index < -0.39 is 0 Å². The second kappa shape index (κ2) is 5.67. The van der Waals surface area contributed by atoms with Crippen LogP contribution in [0.4, 0.5) is 5.69 Å². The van der Waals surface area contributed by atoms with Crippen LogP contribution in [0.1, 0.15) is 25.3 Å². The van der Waals surface area contributed by atoms with Crippen LogP contribution >= 0.6 is 11.6 Å². The number of rotatable bonds is 2. The first-order valence-electron chi connectivity index (χ1n) is 6.23. The van der Waals surface area contributed by atoms with Crippen LogP contribution in [-0.2, 0) is 4.79 Å². The number of hydrogen-bond donors (Lipinski definition) is 2. The van der Waals surface area contributed by atoms with Crippen molar-refractivity contribution in [2.45, 2.75) is 32.7 Å². The molecule has 18 heavy (non-hydrogen) atoms. The maximum absolute atomic E-state index is 12.2. The van der Waals surface area contributed by atoms with Crippen molar-refractivity contribution < 1.29 is 4.79 Å². The molecule has 0 saturated carbocycles. The lowest BCUT2D eigenvalue weighted by atomic mass is 9.94. The fourth-order valence-electron chi connectivity index (χ4n) is 2.19. The van der Waals surface area contributed by atoms with Gasteiger partial charge in [-0.1, -0.05) is 18.5 Å². The van der Waals surface area contributed by atoms with Crippen molar-refractivity contribution in [3.63, 3.8) is 0 Å². The normalized spacial score (nSPS) is 23.7. The molecule has 2 unspecified atom stereocenters. The zero-order valence-corrected chi connectivity index (χ0v) is 11.4. The lowest BCUT2D eigenvalue weighted by Crippen LogP contribution is -2.45. The maximum atomic E-state index is 12.2. The summed E-state index contributed by atoms with van der Waals surface area (Å²) in [7, 11) is 0. The van der Waals surface area contributed by atoms with Crippen LogP contribution in [0.3, 0.4) is 0 Å². The van der Waals surface area contributed by atoms with Crippen LogP contribution in [-0.4, -0.2) is 23.5 Å². The molecule has 5 heteroatoms. The molecule has 0 spiro atoms. The summed E-state index contributed by atoms with van der Waals surface area (Å²) in [6, 6.07) is 1.70. The molecule has 0 aliphatic carbocycles. The van der Waals surface area contributed by atoms with Crippen LogP contribution in [0.25, 0.3) is 0 Å². The van der Waals surface area contributed by atoms with E-state index in [1.807, 2.05) is 13.0 Å². The summed E-state index contributed by atoms with van der Waals surface area (Å²) in [5.41, 5.74) is 1.54. The maximum Gasteiger partial charge on any atom is 0.241 e. The first kappa shape index (κ1) is 13.3. The molecule has 98 valence electrons. The molecule has 0 aromatic carbocycles. The number of aryl methyl sites for hydroxylation is 1. The first-order valence-corrected chi connectivity index (χ1v) is 6.61. The standard InChI is InChI=1S/C13H18ClN3O/c1-8-3-5-15-10(7-8)13(18)17-11-9(2)4-6-16-12(11)14/h4,6,8,10,15H,3,5,7H2,1-2H3,(H,17,18). The van der Waals surface area contributed by atoms with Gasteiger partial charge in [-0.3, -0.25) is 4.79 Å². The summed E-state index contributed by atoms with van der Waals surface area (Å²) in [5, 5.41) is 6.45. The number of anilines is 1. The molecule has 4 nitrogen and oxygen atoms in total. The largest absolute Gasteiger partial charge is 0.322 e. The number of pyridine rings is 1. The van der Waals surface area contributed by atoms with Crippen molar-refractivity contribution in [3.8, 4) is 0 Å². The van der Waals surface area contributed by atoms with Crippen LogP contribution in [0, 0.1) is 12.8 Å². The molecule has 2 rings (SSSR count). The second-order valence-corrected chi connectivity index (χ2v) is 5.28. The van der Waals surface area contributed by atoms with Gasteiger partial charge in [-0.05, 0) is 43.9 Å². The number of aromatic nitrogens is 1. The molecule has 0 radical (unpaired) electrons. The van der Waals surface area contributed by atoms with Crippen molar-refractivity contribution >= 4 is 23.2 Å². The average Bonchev–Trinajstić information content (AvgIpc) is 2.34. The molecule has 0 bridgehead atoms. The van der Waals surface area contributed by atoms with Crippen molar-refractivity contribution in [3.05, 3.63) is 23.0 Å². The van der Waals surface area contributed by atoms with Crippen molar-refractivity contribution in [2.24, 2.45) is 5.92 Å². The van der Waals surface area contributed by atoms with E-state index in [2.05, 4.69) is 22.5 Å². The SMILES string of the molecule is Cc1ccnc(Cl)c1NC(=O)C1CC(C)CCN1. The van der Waals surface area contributed by atoms with Gasteiger partial charge in [-0.15, -0.1) is 0 Å². The zero-order chi connectivity index (χ0) is 13.1.